The van der Waals surface area contributed by atoms with Crippen LogP contribution in [-0.2, 0) is 6.54 Å². The van der Waals surface area contributed by atoms with Crippen molar-refractivity contribution in [3.8, 4) is 6.07 Å². The first-order valence-corrected chi connectivity index (χ1v) is 10.6. The quantitative estimate of drug-likeness (QED) is 0.192. The van der Waals surface area contributed by atoms with E-state index in [2.05, 4.69) is 15.6 Å². The van der Waals surface area contributed by atoms with Crippen LogP contribution in [0.5, 0.6) is 0 Å². The molecule has 0 unspecified atom stereocenters. The van der Waals surface area contributed by atoms with Gasteiger partial charge in [0.1, 0.15) is 11.6 Å². The molecule has 0 bridgehead atoms. The SMILES string of the molecule is N#C/C(=C\c1cn(Cc2ccc(Cl)cc2)c2ccccc12)C(=O)c1c[nH]c2ccccc12. The highest BCUT2D eigenvalue weighted by atomic mass is 35.5. The van der Waals surface area contributed by atoms with Crippen molar-refractivity contribution < 1.29 is 4.79 Å². The number of ketones is 1. The molecule has 0 aliphatic rings. The molecule has 0 amide bonds. The van der Waals surface area contributed by atoms with E-state index in [0.717, 1.165) is 32.9 Å². The van der Waals surface area contributed by atoms with Crippen LogP contribution >= 0.6 is 11.6 Å². The molecule has 5 aromatic rings. The Hall–Kier alpha value is -4.07. The van der Waals surface area contributed by atoms with Crippen molar-refractivity contribution in [3.05, 3.63) is 112 Å². The molecular formula is C27H18ClN3O. The number of nitrogens with one attached hydrogen (secondary N) is 1. The summed E-state index contributed by atoms with van der Waals surface area (Å²) in [6.45, 7) is 0.657. The number of hydrogen-bond donors (Lipinski definition) is 1. The number of nitriles is 1. The summed E-state index contributed by atoms with van der Waals surface area (Å²) in [5.74, 6) is -0.292. The van der Waals surface area contributed by atoms with Crippen molar-refractivity contribution in [2.24, 2.45) is 0 Å². The molecule has 1 N–H and O–H groups in total. The molecule has 3 aromatic carbocycles. The Morgan fingerprint density at radius 1 is 1.00 bits per heavy atom. The molecule has 0 radical (unpaired) electrons. The van der Waals surface area contributed by atoms with Gasteiger partial charge in [0.15, 0.2) is 0 Å². The van der Waals surface area contributed by atoms with Gasteiger partial charge >= 0.3 is 0 Å². The molecule has 2 aromatic heterocycles. The van der Waals surface area contributed by atoms with E-state index >= 15 is 0 Å². The Bertz CT molecular complexity index is 1530. The number of rotatable bonds is 5. The van der Waals surface area contributed by atoms with Crippen molar-refractivity contribution >= 4 is 45.3 Å². The Kier molecular flexibility index (Phi) is 5.10. The molecule has 0 saturated carbocycles. The fourth-order valence-electron chi connectivity index (χ4n) is 4.02. The minimum absolute atomic E-state index is 0.101. The molecule has 154 valence electrons. The molecule has 0 aliphatic heterocycles. The third-order valence-corrected chi connectivity index (χ3v) is 5.84. The van der Waals surface area contributed by atoms with Crippen molar-refractivity contribution in [1.82, 2.24) is 9.55 Å². The third kappa shape index (κ3) is 3.60. The van der Waals surface area contributed by atoms with Gasteiger partial charge < -0.3 is 9.55 Å². The number of nitrogens with zero attached hydrogens (tertiary/aromatic N) is 2. The van der Waals surface area contributed by atoms with Crippen LogP contribution in [0.4, 0.5) is 0 Å². The molecule has 0 atom stereocenters. The van der Waals surface area contributed by atoms with E-state index in [9.17, 15) is 10.1 Å². The third-order valence-electron chi connectivity index (χ3n) is 5.58. The van der Waals surface area contributed by atoms with Crippen LogP contribution in [-0.4, -0.2) is 15.3 Å². The van der Waals surface area contributed by atoms with Crippen molar-refractivity contribution in [2.75, 3.05) is 0 Å². The highest BCUT2D eigenvalue weighted by Gasteiger charge is 2.17. The number of aromatic nitrogens is 2. The number of hydrogen-bond acceptors (Lipinski definition) is 2. The number of benzene rings is 3. The van der Waals surface area contributed by atoms with Gasteiger partial charge in [-0.1, -0.05) is 60.1 Å². The second-order valence-corrected chi connectivity index (χ2v) is 8.04. The van der Waals surface area contributed by atoms with Gasteiger partial charge in [-0.05, 0) is 35.9 Å². The first-order valence-electron chi connectivity index (χ1n) is 10.2. The van der Waals surface area contributed by atoms with E-state index in [1.54, 1.807) is 12.3 Å². The number of carbonyl (C=O) groups excluding carboxylic acids is 1. The van der Waals surface area contributed by atoms with Crippen LogP contribution < -0.4 is 0 Å². The number of para-hydroxylation sites is 2. The lowest BCUT2D eigenvalue weighted by molar-refractivity contribution is 0.104. The molecule has 0 fully saturated rings. The van der Waals surface area contributed by atoms with Crippen molar-refractivity contribution in [3.63, 3.8) is 0 Å². The van der Waals surface area contributed by atoms with Gasteiger partial charge in [-0.2, -0.15) is 5.26 Å². The lowest BCUT2D eigenvalue weighted by atomic mass is 10.0. The normalized spacial score (nSPS) is 11.7. The molecular weight excluding hydrogens is 418 g/mol. The molecule has 32 heavy (non-hydrogen) atoms. The van der Waals surface area contributed by atoms with Gasteiger partial charge in [-0.15, -0.1) is 0 Å². The van der Waals surface area contributed by atoms with E-state index in [4.69, 9.17) is 11.6 Å². The zero-order chi connectivity index (χ0) is 22.1. The fraction of sp³-hybridized carbons (Fsp3) is 0.0370. The highest BCUT2D eigenvalue weighted by molar-refractivity contribution is 6.30. The second-order valence-electron chi connectivity index (χ2n) is 7.60. The fourth-order valence-corrected chi connectivity index (χ4v) is 4.14. The van der Waals surface area contributed by atoms with Gasteiger partial charge in [-0.3, -0.25) is 4.79 Å². The summed E-state index contributed by atoms with van der Waals surface area (Å²) in [5.41, 5.74) is 4.45. The Balaban J connectivity index is 1.57. The number of carbonyl (C=O) groups is 1. The standard InChI is InChI=1S/C27H18ClN3O/c28-21-11-9-18(10-12-21)16-31-17-20(22-5-2-4-8-26(22)31)13-19(14-29)27(32)24-15-30-25-7-3-1-6-23(24)25/h1-13,15,17,30H,16H2/b19-13+. The second kappa shape index (κ2) is 8.22. The zero-order valence-corrected chi connectivity index (χ0v) is 17.8. The molecule has 0 spiro atoms. The van der Waals surface area contributed by atoms with Crippen LogP contribution in [0.3, 0.4) is 0 Å². The van der Waals surface area contributed by atoms with E-state index in [1.165, 1.54) is 0 Å². The van der Waals surface area contributed by atoms with Crippen molar-refractivity contribution in [2.45, 2.75) is 6.54 Å². The number of Topliss-reactive ketones (excluding diaryl/α,β-unsaturated/α-hetero) is 1. The molecule has 0 saturated heterocycles. The average molecular weight is 436 g/mol. The minimum Gasteiger partial charge on any atom is -0.360 e. The number of H-pyrrole nitrogens is 1. The van der Waals surface area contributed by atoms with E-state index in [-0.39, 0.29) is 11.4 Å². The van der Waals surface area contributed by atoms with E-state index in [1.807, 2.05) is 79.0 Å². The molecule has 2 heterocycles. The summed E-state index contributed by atoms with van der Waals surface area (Å²) in [5, 5.41) is 12.3. The molecule has 5 heteroatoms. The van der Waals surface area contributed by atoms with E-state index in [0.29, 0.717) is 17.1 Å². The summed E-state index contributed by atoms with van der Waals surface area (Å²) in [7, 11) is 0. The largest absolute Gasteiger partial charge is 0.360 e. The van der Waals surface area contributed by atoms with Crippen LogP contribution in [0.2, 0.25) is 5.02 Å². The smallest absolute Gasteiger partial charge is 0.205 e. The Morgan fingerprint density at radius 3 is 2.50 bits per heavy atom. The van der Waals surface area contributed by atoms with E-state index < -0.39 is 0 Å². The summed E-state index contributed by atoms with van der Waals surface area (Å²) in [6, 6.07) is 25.4. The maximum absolute atomic E-state index is 13.2. The summed E-state index contributed by atoms with van der Waals surface area (Å²) in [4.78, 5) is 16.3. The monoisotopic (exact) mass is 435 g/mol. The van der Waals surface area contributed by atoms with Gasteiger partial charge in [0.25, 0.3) is 0 Å². The number of fused-ring (bicyclic) bond motifs is 2. The van der Waals surface area contributed by atoms with Crippen molar-refractivity contribution in [1.29, 1.82) is 5.26 Å². The Labute approximate surface area is 190 Å². The highest BCUT2D eigenvalue weighted by Crippen LogP contribution is 2.27. The Morgan fingerprint density at radius 2 is 1.72 bits per heavy atom. The first kappa shape index (κ1) is 19.9. The zero-order valence-electron chi connectivity index (χ0n) is 17.0. The van der Waals surface area contributed by atoms with Crippen LogP contribution in [0.15, 0.2) is 90.8 Å². The number of aromatic amines is 1. The lowest BCUT2D eigenvalue weighted by Crippen LogP contribution is -2.01. The number of halogens is 1. The van der Waals surface area contributed by atoms with Gasteiger partial charge in [0.2, 0.25) is 5.78 Å². The van der Waals surface area contributed by atoms with Gasteiger partial charge in [-0.25, -0.2) is 0 Å². The molecule has 4 nitrogen and oxygen atoms in total. The predicted octanol–water partition coefficient (Wildman–Crippen LogP) is 6.61. The summed E-state index contributed by atoms with van der Waals surface area (Å²) >= 11 is 6.02. The topological polar surface area (TPSA) is 61.6 Å². The average Bonchev–Trinajstić information content (AvgIpc) is 3.40. The summed E-state index contributed by atoms with van der Waals surface area (Å²) < 4.78 is 2.12. The predicted molar refractivity (Wildman–Crippen MR) is 129 cm³/mol. The minimum atomic E-state index is -0.292. The van der Waals surface area contributed by atoms with Gasteiger partial charge in [0, 0.05) is 56.9 Å². The van der Waals surface area contributed by atoms with Crippen LogP contribution in [0.1, 0.15) is 21.5 Å². The summed E-state index contributed by atoms with van der Waals surface area (Å²) in [6.07, 6.45) is 5.34. The molecule has 5 rings (SSSR count). The lowest BCUT2D eigenvalue weighted by Gasteiger charge is -2.05. The van der Waals surface area contributed by atoms with Crippen LogP contribution in [0.25, 0.3) is 27.9 Å². The molecule has 0 aliphatic carbocycles. The van der Waals surface area contributed by atoms with Gasteiger partial charge in [0.05, 0.1) is 0 Å². The maximum atomic E-state index is 13.2. The first-order chi connectivity index (χ1) is 15.6. The maximum Gasteiger partial charge on any atom is 0.205 e. The van der Waals surface area contributed by atoms with Crippen LogP contribution in [0, 0.1) is 11.3 Å². The number of allylic oxidation sites excluding steroid dienone is 1.